The first kappa shape index (κ1) is 6.98. The summed E-state index contributed by atoms with van der Waals surface area (Å²) in [6, 6.07) is 5.77. The molecule has 58 valence electrons. The molecule has 0 saturated carbocycles. The molecule has 2 nitrogen and oxygen atoms in total. The highest BCUT2D eigenvalue weighted by Crippen LogP contribution is 2.36. The molecule has 1 aliphatic rings. The van der Waals surface area contributed by atoms with Crippen LogP contribution in [0.3, 0.4) is 0 Å². The summed E-state index contributed by atoms with van der Waals surface area (Å²) >= 11 is 3.38. The maximum Gasteiger partial charge on any atom is 0.175 e. The highest BCUT2D eigenvalue weighted by Gasteiger charge is 2.12. The fourth-order valence-corrected chi connectivity index (χ4v) is 1.50. The molecule has 3 heteroatoms. The number of halogens is 1. The fourth-order valence-electron chi connectivity index (χ4n) is 1.04. The summed E-state index contributed by atoms with van der Waals surface area (Å²) < 4.78 is 11.7. The van der Waals surface area contributed by atoms with Crippen LogP contribution in [0.25, 0.3) is 0 Å². The van der Waals surface area contributed by atoms with Gasteiger partial charge in [0.25, 0.3) is 0 Å². The average Bonchev–Trinajstić information content (AvgIpc) is 2.06. The highest BCUT2D eigenvalue weighted by molar-refractivity contribution is 9.10. The molecule has 2 rings (SSSR count). The molecule has 11 heavy (non-hydrogen) atoms. The second-order valence-corrected chi connectivity index (χ2v) is 3.12. The number of rotatable bonds is 0. The summed E-state index contributed by atoms with van der Waals surface area (Å²) in [6.45, 7) is 1.28. The largest absolute Gasteiger partial charge is 0.486 e. The Hall–Kier alpha value is -0.700. The van der Waals surface area contributed by atoms with Gasteiger partial charge in [-0.15, -0.1) is 0 Å². The van der Waals surface area contributed by atoms with E-state index in [-0.39, 0.29) is 0 Å². The molecule has 1 aromatic rings. The van der Waals surface area contributed by atoms with Gasteiger partial charge in [0.15, 0.2) is 11.5 Å². The van der Waals surface area contributed by atoms with Crippen LogP contribution in [-0.4, -0.2) is 13.2 Å². The van der Waals surface area contributed by atoms with Crippen molar-refractivity contribution in [3.05, 3.63) is 22.7 Å². The van der Waals surface area contributed by atoms with Crippen molar-refractivity contribution in [3.8, 4) is 11.5 Å². The number of benzene rings is 1. The smallest absolute Gasteiger partial charge is 0.175 e. The van der Waals surface area contributed by atoms with Gasteiger partial charge in [-0.05, 0) is 28.1 Å². The minimum atomic E-state index is 0.635. The second kappa shape index (κ2) is 2.74. The standard InChI is InChI=1S/C8H7BrO2/c9-6-2-1-3-7-8(6)11-5-4-10-7/h1-3H,4-5H2. The summed E-state index contributed by atoms with van der Waals surface area (Å²) in [5.41, 5.74) is 0. The van der Waals surface area contributed by atoms with Crippen molar-refractivity contribution in [1.82, 2.24) is 0 Å². The van der Waals surface area contributed by atoms with E-state index in [2.05, 4.69) is 15.9 Å². The van der Waals surface area contributed by atoms with Crippen molar-refractivity contribution in [2.24, 2.45) is 0 Å². The Kier molecular flexibility index (Phi) is 1.74. The SMILES string of the molecule is Brc1cccc2c1OCCO2. The minimum absolute atomic E-state index is 0.635. The first-order chi connectivity index (χ1) is 5.38. The van der Waals surface area contributed by atoms with Crippen LogP contribution in [0.5, 0.6) is 11.5 Å². The van der Waals surface area contributed by atoms with E-state index >= 15 is 0 Å². The molecule has 1 aromatic carbocycles. The lowest BCUT2D eigenvalue weighted by Crippen LogP contribution is -2.15. The third-order valence-electron chi connectivity index (χ3n) is 1.52. The first-order valence-corrected chi connectivity index (χ1v) is 4.21. The molecule has 0 atom stereocenters. The van der Waals surface area contributed by atoms with E-state index in [9.17, 15) is 0 Å². The van der Waals surface area contributed by atoms with Crippen LogP contribution in [0.15, 0.2) is 22.7 Å². The van der Waals surface area contributed by atoms with Gasteiger partial charge in [0.2, 0.25) is 0 Å². The van der Waals surface area contributed by atoms with Crippen LogP contribution in [0, 0.1) is 0 Å². The topological polar surface area (TPSA) is 18.5 Å². The van der Waals surface area contributed by atoms with Gasteiger partial charge in [-0.1, -0.05) is 6.07 Å². The van der Waals surface area contributed by atoms with Gasteiger partial charge < -0.3 is 9.47 Å². The number of hydrogen-bond acceptors (Lipinski definition) is 2. The number of fused-ring (bicyclic) bond motifs is 1. The minimum Gasteiger partial charge on any atom is -0.486 e. The Labute approximate surface area is 73.3 Å². The predicted octanol–water partition coefficient (Wildman–Crippen LogP) is 2.22. The molecule has 0 spiro atoms. The molecule has 1 heterocycles. The lowest BCUT2D eigenvalue weighted by Gasteiger charge is -2.18. The van der Waals surface area contributed by atoms with Crippen molar-refractivity contribution in [3.63, 3.8) is 0 Å². The number of hydrogen-bond donors (Lipinski definition) is 0. The Morgan fingerprint density at radius 1 is 1.18 bits per heavy atom. The second-order valence-electron chi connectivity index (χ2n) is 2.26. The van der Waals surface area contributed by atoms with Crippen LogP contribution < -0.4 is 9.47 Å². The third kappa shape index (κ3) is 1.20. The van der Waals surface area contributed by atoms with Gasteiger partial charge in [0.1, 0.15) is 13.2 Å². The van der Waals surface area contributed by atoms with Crippen molar-refractivity contribution in [2.45, 2.75) is 0 Å². The Balaban J connectivity index is 2.49. The predicted molar refractivity (Wildman–Crippen MR) is 45.1 cm³/mol. The van der Waals surface area contributed by atoms with Gasteiger partial charge in [-0.3, -0.25) is 0 Å². The average molecular weight is 215 g/mol. The first-order valence-electron chi connectivity index (χ1n) is 3.42. The molecule has 0 bridgehead atoms. The Morgan fingerprint density at radius 3 is 2.82 bits per heavy atom. The van der Waals surface area contributed by atoms with Crippen LogP contribution in [0.2, 0.25) is 0 Å². The third-order valence-corrected chi connectivity index (χ3v) is 2.14. The van der Waals surface area contributed by atoms with Gasteiger partial charge in [0.05, 0.1) is 4.47 Å². The van der Waals surface area contributed by atoms with E-state index in [1.54, 1.807) is 0 Å². The summed E-state index contributed by atoms with van der Waals surface area (Å²) in [4.78, 5) is 0. The van der Waals surface area contributed by atoms with Gasteiger partial charge >= 0.3 is 0 Å². The summed E-state index contributed by atoms with van der Waals surface area (Å²) in [6.07, 6.45) is 0. The number of para-hydroxylation sites is 1. The molecule has 1 aliphatic heterocycles. The van der Waals surface area contributed by atoms with Gasteiger partial charge in [-0.2, -0.15) is 0 Å². The molecule has 0 saturated heterocycles. The molecule has 0 amide bonds. The molecule has 0 aromatic heterocycles. The lowest BCUT2D eigenvalue weighted by molar-refractivity contribution is 0.170. The monoisotopic (exact) mass is 214 g/mol. The lowest BCUT2D eigenvalue weighted by atomic mass is 10.3. The quantitative estimate of drug-likeness (QED) is 0.660. The summed E-state index contributed by atoms with van der Waals surface area (Å²) in [5.74, 6) is 1.64. The van der Waals surface area contributed by atoms with Crippen LogP contribution in [0.1, 0.15) is 0 Å². The fraction of sp³-hybridized carbons (Fsp3) is 0.250. The van der Waals surface area contributed by atoms with E-state index < -0.39 is 0 Å². The Bertz CT molecular complexity index is 273. The zero-order chi connectivity index (χ0) is 7.68. The van der Waals surface area contributed by atoms with Crippen molar-refractivity contribution >= 4 is 15.9 Å². The maximum absolute atomic E-state index is 5.38. The Morgan fingerprint density at radius 2 is 2.00 bits per heavy atom. The van der Waals surface area contributed by atoms with Gasteiger partial charge in [0, 0.05) is 0 Å². The van der Waals surface area contributed by atoms with Crippen molar-refractivity contribution in [1.29, 1.82) is 0 Å². The summed E-state index contributed by atoms with van der Waals surface area (Å²) in [5, 5.41) is 0. The normalized spacial score (nSPS) is 14.6. The highest BCUT2D eigenvalue weighted by atomic mass is 79.9. The molecule has 0 fully saturated rings. The van der Waals surface area contributed by atoms with Crippen molar-refractivity contribution in [2.75, 3.05) is 13.2 Å². The van der Waals surface area contributed by atoms with Crippen LogP contribution >= 0.6 is 15.9 Å². The number of ether oxygens (including phenoxy) is 2. The van der Waals surface area contributed by atoms with Crippen LogP contribution in [0.4, 0.5) is 0 Å². The van der Waals surface area contributed by atoms with Crippen LogP contribution in [-0.2, 0) is 0 Å². The van der Waals surface area contributed by atoms with E-state index in [1.807, 2.05) is 18.2 Å². The van der Waals surface area contributed by atoms with Crippen molar-refractivity contribution < 1.29 is 9.47 Å². The zero-order valence-corrected chi connectivity index (χ0v) is 7.43. The van der Waals surface area contributed by atoms with E-state index in [0.29, 0.717) is 13.2 Å². The molecule has 0 aliphatic carbocycles. The zero-order valence-electron chi connectivity index (χ0n) is 5.84. The van der Waals surface area contributed by atoms with Gasteiger partial charge in [-0.25, -0.2) is 0 Å². The van der Waals surface area contributed by atoms with E-state index in [0.717, 1.165) is 16.0 Å². The molecular weight excluding hydrogens is 208 g/mol. The van der Waals surface area contributed by atoms with E-state index in [4.69, 9.17) is 9.47 Å². The molecule has 0 unspecified atom stereocenters. The molecule has 0 radical (unpaired) electrons. The van der Waals surface area contributed by atoms with E-state index in [1.165, 1.54) is 0 Å². The maximum atomic E-state index is 5.38. The summed E-state index contributed by atoms with van der Waals surface area (Å²) in [7, 11) is 0. The molecule has 0 N–H and O–H groups in total. The molecular formula is C8H7BrO2.